The minimum absolute atomic E-state index is 0.0646. The van der Waals surface area contributed by atoms with Gasteiger partial charge in [-0.1, -0.05) is 96.0 Å². The van der Waals surface area contributed by atoms with Gasteiger partial charge in [-0.15, -0.1) is 0 Å². The van der Waals surface area contributed by atoms with E-state index in [1.165, 1.54) is 0 Å². The van der Waals surface area contributed by atoms with Gasteiger partial charge in [0.15, 0.2) is 0 Å². The van der Waals surface area contributed by atoms with Gasteiger partial charge in [0.05, 0.1) is 10.6 Å². The molecule has 2 nitrogen and oxygen atoms in total. The second-order valence-electron chi connectivity index (χ2n) is 6.53. The normalized spacial score (nSPS) is 11.3. The number of hydrogen-bond donors (Lipinski definition) is 0. The van der Waals surface area contributed by atoms with Crippen molar-refractivity contribution in [3.63, 3.8) is 0 Å². The van der Waals surface area contributed by atoms with Crippen molar-refractivity contribution < 1.29 is 4.79 Å². The van der Waals surface area contributed by atoms with Gasteiger partial charge < -0.3 is 4.90 Å². The van der Waals surface area contributed by atoms with Gasteiger partial charge in [0.2, 0.25) is 0 Å². The summed E-state index contributed by atoms with van der Waals surface area (Å²) in [5.41, 5.74) is 3.85. The standard InChI is InChI=1S/C24H22ClNO/c1-19(16-20-10-4-2-5-11-20)17-26(18-21-12-6-3-7-13-21)24(27)22-14-8-9-15-23(22)25/h2-16H,17-18H2,1H3/b19-16+. The van der Waals surface area contributed by atoms with E-state index in [0.29, 0.717) is 23.7 Å². The lowest BCUT2D eigenvalue weighted by molar-refractivity contribution is 0.0759. The summed E-state index contributed by atoms with van der Waals surface area (Å²) in [5.74, 6) is -0.0646. The average Bonchev–Trinajstić information content (AvgIpc) is 2.69. The van der Waals surface area contributed by atoms with E-state index in [9.17, 15) is 4.79 Å². The summed E-state index contributed by atoms with van der Waals surface area (Å²) in [6, 6.07) is 27.3. The molecular formula is C24H22ClNO. The lowest BCUT2D eigenvalue weighted by Gasteiger charge is -2.24. The Labute approximate surface area is 165 Å². The number of nitrogens with zero attached hydrogens (tertiary/aromatic N) is 1. The first-order valence-electron chi connectivity index (χ1n) is 8.93. The van der Waals surface area contributed by atoms with Crippen LogP contribution in [0.3, 0.4) is 0 Å². The third kappa shape index (κ3) is 5.32. The molecule has 1 amide bonds. The fourth-order valence-electron chi connectivity index (χ4n) is 2.99. The Morgan fingerprint density at radius 1 is 0.889 bits per heavy atom. The van der Waals surface area contributed by atoms with E-state index in [1.54, 1.807) is 12.1 Å². The van der Waals surface area contributed by atoms with Crippen molar-refractivity contribution in [2.24, 2.45) is 0 Å². The molecule has 136 valence electrons. The van der Waals surface area contributed by atoms with E-state index in [0.717, 1.165) is 16.7 Å². The van der Waals surface area contributed by atoms with Gasteiger partial charge in [0.25, 0.3) is 5.91 Å². The fraction of sp³-hybridized carbons (Fsp3) is 0.125. The first kappa shape index (κ1) is 18.9. The molecule has 0 aliphatic heterocycles. The number of benzene rings is 3. The maximum atomic E-state index is 13.2. The topological polar surface area (TPSA) is 20.3 Å². The van der Waals surface area contributed by atoms with Crippen molar-refractivity contribution in [3.05, 3.63) is 112 Å². The molecule has 0 atom stereocenters. The summed E-state index contributed by atoms with van der Waals surface area (Å²) in [6.07, 6.45) is 2.11. The van der Waals surface area contributed by atoms with Crippen molar-refractivity contribution in [1.29, 1.82) is 0 Å². The highest BCUT2D eigenvalue weighted by Crippen LogP contribution is 2.20. The second-order valence-corrected chi connectivity index (χ2v) is 6.94. The highest BCUT2D eigenvalue weighted by molar-refractivity contribution is 6.33. The van der Waals surface area contributed by atoms with Gasteiger partial charge in [-0.3, -0.25) is 4.79 Å². The van der Waals surface area contributed by atoms with Crippen LogP contribution in [0, 0.1) is 0 Å². The lowest BCUT2D eigenvalue weighted by atomic mass is 10.1. The van der Waals surface area contributed by atoms with E-state index in [4.69, 9.17) is 11.6 Å². The van der Waals surface area contributed by atoms with Crippen molar-refractivity contribution in [2.75, 3.05) is 6.54 Å². The third-order valence-corrected chi connectivity index (χ3v) is 4.59. The summed E-state index contributed by atoms with van der Waals surface area (Å²) >= 11 is 6.27. The zero-order chi connectivity index (χ0) is 19.1. The van der Waals surface area contributed by atoms with Crippen LogP contribution in [-0.4, -0.2) is 17.4 Å². The van der Waals surface area contributed by atoms with Crippen LogP contribution in [0.1, 0.15) is 28.4 Å². The smallest absolute Gasteiger partial charge is 0.255 e. The first-order valence-corrected chi connectivity index (χ1v) is 9.31. The Bertz CT molecular complexity index is 919. The molecule has 3 aromatic rings. The summed E-state index contributed by atoms with van der Waals surface area (Å²) in [6.45, 7) is 3.11. The van der Waals surface area contributed by atoms with Crippen molar-refractivity contribution >= 4 is 23.6 Å². The van der Waals surface area contributed by atoms with Crippen LogP contribution in [0.15, 0.2) is 90.5 Å². The maximum Gasteiger partial charge on any atom is 0.255 e. The van der Waals surface area contributed by atoms with E-state index >= 15 is 0 Å². The Morgan fingerprint density at radius 2 is 1.48 bits per heavy atom. The average molecular weight is 376 g/mol. The van der Waals surface area contributed by atoms with E-state index in [2.05, 4.69) is 18.2 Å². The van der Waals surface area contributed by atoms with Crippen LogP contribution in [0.2, 0.25) is 5.02 Å². The van der Waals surface area contributed by atoms with E-state index in [1.807, 2.05) is 72.5 Å². The van der Waals surface area contributed by atoms with Gasteiger partial charge in [-0.05, 0) is 30.2 Å². The molecule has 0 bridgehead atoms. The Morgan fingerprint density at radius 3 is 2.15 bits per heavy atom. The minimum Gasteiger partial charge on any atom is -0.330 e. The summed E-state index contributed by atoms with van der Waals surface area (Å²) in [7, 11) is 0. The van der Waals surface area contributed by atoms with Crippen LogP contribution in [0.4, 0.5) is 0 Å². The number of rotatable bonds is 6. The predicted octanol–water partition coefficient (Wildman–Crippen LogP) is 6.09. The Balaban J connectivity index is 1.86. The molecule has 27 heavy (non-hydrogen) atoms. The number of carbonyl (C=O) groups is 1. The Hall–Kier alpha value is -2.84. The molecule has 3 rings (SSSR count). The van der Waals surface area contributed by atoms with Crippen LogP contribution in [0.5, 0.6) is 0 Å². The first-order chi connectivity index (χ1) is 13.1. The molecular weight excluding hydrogens is 354 g/mol. The second kappa shape index (κ2) is 9.20. The van der Waals surface area contributed by atoms with E-state index in [-0.39, 0.29) is 5.91 Å². The molecule has 0 spiro atoms. The molecule has 0 heterocycles. The van der Waals surface area contributed by atoms with Gasteiger partial charge in [0, 0.05) is 13.1 Å². The minimum atomic E-state index is -0.0646. The monoisotopic (exact) mass is 375 g/mol. The largest absolute Gasteiger partial charge is 0.330 e. The maximum absolute atomic E-state index is 13.2. The molecule has 0 saturated carbocycles. The van der Waals surface area contributed by atoms with Crippen LogP contribution >= 0.6 is 11.6 Å². The molecule has 3 aromatic carbocycles. The number of carbonyl (C=O) groups excluding carboxylic acids is 1. The number of amides is 1. The molecule has 0 unspecified atom stereocenters. The van der Waals surface area contributed by atoms with Gasteiger partial charge in [-0.25, -0.2) is 0 Å². The van der Waals surface area contributed by atoms with E-state index < -0.39 is 0 Å². The summed E-state index contributed by atoms with van der Waals surface area (Å²) in [4.78, 5) is 15.0. The SMILES string of the molecule is C/C(=C\c1ccccc1)CN(Cc1ccccc1)C(=O)c1ccccc1Cl. The van der Waals surface area contributed by atoms with Crippen LogP contribution in [0.25, 0.3) is 6.08 Å². The molecule has 0 N–H and O–H groups in total. The van der Waals surface area contributed by atoms with Crippen molar-refractivity contribution in [2.45, 2.75) is 13.5 Å². The fourth-order valence-corrected chi connectivity index (χ4v) is 3.21. The van der Waals surface area contributed by atoms with Crippen molar-refractivity contribution in [3.8, 4) is 0 Å². The molecule has 0 fully saturated rings. The molecule has 0 aliphatic carbocycles. The quantitative estimate of drug-likeness (QED) is 0.510. The predicted molar refractivity (Wildman–Crippen MR) is 113 cm³/mol. The molecule has 0 radical (unpaired) electrons. The molecule has 0 aromatic heterocycles. The molecule has 0 aliphatic rings. The lowest BCUT2D eigenvalue weighted by Crippen LogP contribution is -2.32. The van der Waals surface area contributed by atoms with Crippen LogP contribution in [-0.2, 0) is 6.54 Å². The zero-order valence-corrected chi connectivity index (χ0v) is 16.1. The van der Waals surface area contributed by atoms with Gasteiger partial charge >= 0.3 is 0 Å². The molecule has 0 saturated heterocycles. The highest BCUT2D eigenvalue weighted by atomic mass is 35.5. The summed E-state index contributed by atoms with van der Waals surface area (Å²) < 4.78 is 0. The van der Waals surface area contributed by atoms with Crippen molar-refractivity contribution in [1.82, 2.24) is 4.90 Å². The summed E-state index contributed by atoms with van der Waals surface area (Å²) in [5, 5.41) is 0.477. The number of hydrogen-bond acceptors (Lipinski definition) is 1. The van der Waals surface area contributed by atoms with Crippen LogP contribution < -0.4 is 0 Å². The zero-order valence-electron chi connectivity index (χ0n) is 15.3. The molecule has 3 heteroatoms. The van der Waals surface area contributed by atoms with Gasteiger partial charge in [-0.2, -0.15) is 0 Å². The van der Waals surface area contributed by atoms with Gasteiger partial charge in [0.1, 0.15) is 0 Å². The Kier molecular flexibility index (Phi) is 6.45. The third-order valence-electron chi connectivity index (χ3n) is 4.26. The number of halogens is 1. The highest BCUT2D eigenvalue weighted by Gasteiger charge is 2.18.